The second-order valence-electron chi connectivity index (χ2n) is 6.93. The summed E-state index contributed by atoms with van der Waals surface area (Å²) in [6, 6.07) is 14.9. The highest BCUT2D eigenvalue weighted by molar-refractivity contribution is 5.32. The van der Waals surface area contributed by atoms with Crippen LogP contribution < -0.4 is 9.47 Å². The fraction of sp³-hybridized carbons (Fsp3) is 0.391. The highest BCUT2D eigenvalue weighted by atomic mass is 16.7. The zero-order valence-corrected chi connectivity index (χ0v) is 17.1. The molecule has 0 radical (unpaired) electrons. The van der Waals surface area contributed by atoms with Crippen molar-refractivity contribution in [2.45, 2.75) is 43.9 Å². The van der Waals surface area contributed by atoms with E-state index in [2.05, 4.69) is 6.58 Å². The quantitative estimate of drug-likeness (QED) is 0.575. The molecule has 7 heteroatoms. The number of para-hydroxylation sites is 1. The van der Waals surface area contributed by atoms with Crippen molar-refractivity contribution in [3.63, 3.8) is 0 Å². The van der Waals surface area contributed by atoms with Gasteiger partial charge in [0, 0.05) is 5.56 Å². The summed E-state index contributed by atoms with van der Waals surface area (Å²) < 4.78 is 27.9. The van der Waals surface area contributed by atoms with Gasteiger partial charge < -0.3 is 33.9 Å². The molecule has 1 fully saturated rings. The Labute approximate surface area is 176 Å². The third-order valence-corrected chi connectivity index (χ3v) is 5.03. The Hall–Kier alpha value is -2.42. The van der Waals surface area contributed by atoms with Crippen LogP contribution in [0.1, 0.15) is 11.1 Å². The molecule has 7 nitrogen and oxygen atoms in total. The van der Waals surface area contributed by atoms with Gasteiger partial charge in [0.25, 0.3) is 0 Å². The standard InChI is InChI=1S/C23H28O7/c1-4-18(28-14-16-7-5-6-8-19(16)27-3)21-22(20(24)23(25)30-21)29-13-15-9-11-17(26-2)12-10-15/h4-12,18,20-25H,1,13-14H2,2-3H3/t18-,20+,21+,22+,23-/m0/s1. The first-order valence-corrected chi connectivity index (χ1v) is 9.69. The van der Waals surface area contributed by atoms with Crippen molar-refractivity contribution in [3.8, 4) is 11.5 Å². The summed E-state index contributed by atoms with van der Waals surface area (Å²) in [5, 5.41) is 20.4. The van der Waals surface area contributed by atoms with Gasteiger partial charge in [-0.1, -0.05) is 36.4 Å². The molecule has 2 aromatic carbocycles. The minimum absolute atomic E-state index is 0.231. The zero-order valence-electron chi connectivity index (χ0n) is 17.1. The van der Waals surface area contributed by atoms with Crippen molar-refractivity contribution in [1.29, 1.82) is 0 Å². The van der Waals surface area contributed by atoms with E-state index >= 15 is 0 Å². The number of aliphatic hydroxyl groups excluding tert-OH is 2. The van der Waals surface area contributed by atoms with Gasteiger partial charge in [0.15, 0.2) is 6.29 Å². The van der Waals surface area contributed by atoms with Crippen LogP contribution in [-0.2, 0) is 27.4 Å². The van der Waals surface area contributed by atoms with E-state index in [-0.39, 0.29) is 13.2 Å². The van der Waals surface area contributed by atoms with Gasteiger partial charge in [0.05, 0.1) is 27.4 Å². The molecule has 2 N–H and O–H groups in total. The average molecular weight is 416 g/mol. The van der Waals surface area contributed by atoms with Crippen LogP contribution in [0.15, 0.2) is 61.2 Å². The Morgan fingerprint density at radius 3 is 2.43 bits per heavy atom. The molecule has 1 saturated heterocycles. The molecule has 1 heterocycles. The van der Waals surface area contributed by atoms with Crippen LogP contribution in [0.5, 0.6) is 11.5 Å². The minimum atomic E-state index is -1.37. The second kappa shape index (κ2) is 10.6. The van der Waals surface area contributed by atoms with E-state index < -0.39 is 30.7 Å². The monoisotopic (exact) mass is 416 g/mol. The maximum Gasteiger partial charge on any atom is 0.184 e. The Kier molecular flexibility index (Phi) is 7.84. The van der Waals surface area contributed by atoms with E-state index in [0.717, 1.165) is 16.9 Å². The number of ether oxygens (including phenoxy) is 5. The molecule has 30 heavy (non-hydrogen) atoms. The number of rotatable bonds is 10. The fourth-order valence-electron chi connectivity index (χ4n) is 3.35. The van der Waals surface area contributed by atoms with Crippen LogP contribution in [0.25, 0.3) is 0 Å². The molecule has 0 saturated carbocycles. The van der Waals surface area contributed by atoms with Crippen molar-refractivity contribution < 1.29 is 33.9 Å². The largest absolute Gasteiger partial charge is 0.497 e. The number of hydrogen-bond donors (Lipinski definition) is 2. The molecule has 0 amide bonds. The number of hydrogen-bond acceptors (Lipinski definition) is 7. The first-order chi connectivity index (χ1) is 14.6. The summed E-state index contributed by atoms with van der Waals surface area (Å²) in [7, 11) is 3.20. The first kappa shape index (κ1) is 22.3. The minimum Gasteiger partial charge on any atom is -0.497 e. The van der Waals surface area contributed by atoms with E-state index in [1.165, 1.54) is 0 Å². The molecule has 3 rings (SSSR count). The van der Waals surface area contributed by atoms with Crippen molar-refractivity contribution in [3.05, 3.63) is 72.3 Å². The van der Waals surface area contributed by atoms with E-state index in [4.69, 9.17) is 23.7 Å². The molecule has 0 bridgehead atoms. The Bertz CT molecular complexity index is 807. The van der Waals surface area contributed by atoms with Crippen molar-refractivity contribution in [1.82, 2.24) is 0 Å². The van der Waals surface area contributed by atoms with Gasteiger partial charge >= 0.3 is 0 Å². The van der Waals surface area contributed by atoms with Crippen molar-refractivity contribution in [2.75, 3.05) is 14.2 Å². The summed E-state index contributed by atoms with van der Waals surface area (Å²) in [4.78, 5) is 0. The third-order valence-electron chi connectivity index (χ3n) is 5.03. The lowest BCUT2D eigenvalue weighted by atomic mass is 10.1. The van der Waals surface area contributed by atoms with Gasteiger partial charge in [-0.25, -0.2) is 0 Å². The van der Waals surface area contributed by atoms with Crippen LogP contribution in [0.4, 0.5) is 0 Å². The SMILES string of the molecule is C=C[C@H](OCc1ccccc1OC)[C@H]1O[C@H](O)[C@H](O)[C@H]1OCc1ccc(OC)cc1. The van der Waals surface area contributed by atoms with E-state index in [1.54, 1.807) is 20.3 Å². The average Bonchev–Trinajstić information content (AvgIpc) is 3.07. The van der Waals surface area contributed by atoms with Gasteiger partial charge in [-0.15, -0.1) is 6.58 Å². The predicted molar refractivity (Wildman–Crippen MR) is 110 cm³/mol. The summed E-state index contributed by atoms with van der Waals surface area (Å²) in [6.07, 6.45) is -3.11. The topological polar surface area (TPSA) is 86.6 Å². The van der Waals surface area contributed by atoms with Gasteiger partial charge in [0.2, 0.25) is 0 Å². The summed E-state index contributed by atoms with van der Waals surface area (Å²) >= 11 is 0. The molecule has 0 aromatic heterocycles. The van der Waals surface area contributed by atoms with E-state index in [1.807, 2.05) is 48.5 Å². The molecule has 1 aliphatic rings. The van der Waals surface area contributed by atoms with Gasteiger partial charge in [0.1, 0.15) is 35.9 Å². The third kappa shape index (κ3) is 5.19. The zero-order chi connectivity index (χ0) is 21.5. The molecule has 0 aliphatic carbocycles. The van der Waals surface area contributed by atoms with Gasteiger partial charge in [-0.05, 0) is 23.8 Å². The highest BCUT2D eigenvalue weighted by Crippen LogP contribution is 2.29. The molecule has 5 atom stereocenters. The highest BCUT2D eigenvalue weighted by Gasteiger charge is 2.47. The normalized spacial score (nSPS) is 24.4. The molecule has 0 unspecified atom stereocenters. The van der Waals surface area contributed by atoms with Crippen LogP contribution in [-0.4, -0.2) is 55.1 Å². The van der Waals surface area contributed by atoms with E-state index in [0.29, 0.717) is 5.75 Å². The summed E-state index contributed by atoms with van der Waals surface area (Å²) in [5.41, 5.74) is 1.76. The number of methoxy groups -OCH3 is 2. The predicted octanol–water partition coefficient (Wildman–Crippen LogP) is 2.44. The Balaban J connectivity index is 1.66. The molecular formula is C23H28O7. The van der Waals surface area contributed by atoms with Gasteiger partial charge in [-0.3, -0.25) is 0 Å². The summed E-state index contributed by atoms with van der Waals surface area (Å²) in [6.45, 7) is 4.29. The summed E-state index contributed by atoms with van der Waals surface area (Å²) in [5.74, 6) is 1.45. The lowest BCUT2D eigenvalue weighted by Gasteiger charge is -2.26. The maximum absolute atomic E-state index is 10.4. The molecule has 2 aromatic rings. The smallest absolute Gasteiger partial charge is 0.184 e. The van der Waals surface area contributed by atoms with Crippen LogP contribution >= 0.6 is 0 Å². The first-order valence-electron chi connectivity index (χ1n) is 9.69. The molecule has 0 spiro atoms. The maximum atomic E-state index is 10.4. The van der Waals surface area contributed by atoms with Gasteiger partial charge in [-0.2, -0.15) is 0 Å². The second-order valence-corrected chi connectivity index (χ2v) is 6.93. The van der Waals surface area contributed by atoms with E-state index in [9.17, 15) is 10.2 Å². The van der Waals surface area contributed by atoms with Crippen molar-refractivity contribution >= 4 is 0 Å². The number of aliphatic hydroxyl groups is 2. The fourth-order valence-corrected chi connectivity index (χ4v) is 3.35. The lowest BCUT2D eigenvalue weighted by Crippen LogP contribution is -2.41. The molecular weight excluding hydrogens is 388 g/mol. The Morgan fingerprint density at radius 1 is 1.03 bits per heavy atom. The Morgan fingerprint density at radius 2 is 1.77 bits per heavy atom. The molecule has 1 aliphatic heterocycles. The van der Waals surface area contributed by atoms with Crippen LogP contribution in [0.3, 0.4) is 0 Å². The molecule has 162 valence electrons. The number of benzene rings is 2. The van der Waals surface area contributed by atoms with Crippen molar-refractivity contribution in [2.24, 2.45) is 0 Å². The van der Waals surface area contributed by atoms with Crippen LogP contribution in [0, 0.1) is 0 Å². The van der Waals surface area contributed by atoms with Crippen LogP contribution in [0.2, 0.25) is 0 Å². The lowest BCUT2D eigenvalue weighted by molar-refractivity contribution is -0.149.